The van der Waals surface area contributed by atoms with Crippen LogP contribution in [0.5, 0.6) is 0 Å². The number of rotatable bonds is 6. The van der Waals surface area contributed by atoms with Crippen LogP contribution in [0.2, 0.25) is 0 Å². The molecule has 2 fully saturated rings. The lowest BCUT2D eigenvalue weighted by molar-refractivity contribution is 0.0584. The van der Waals surface area contributed by atoms with Crippen molar-refractivity contribution in [2.24, 2.45) is 0 Å². The second-order valence-electron chi connectivity index (χ2n) is 8.25. The van der Waals surface area contributed by atoms with Gasteiger partial charge in [-0.05, 0) is 48.6 Å². The second-order valence-corrected chi connectivity index (χ2v) is 9.56. The predicted molar refractivity (Wildman–Crippen MR) is 127 cm³/mol. The SMILES string of the molecule is O=C(c1ccccc1)N1CCN(Cn2nc(-c3cccs3)n(C[C@H]3CCCO3)c2=S)CC1. The van der Waals surface area contributed by atoms with Crippen LogP contribution in [0.3, 0.4) is 0 Å². The van der Waals surface area contributed by atoms with E-state index in [4.69, 9.17) is 22.1 Å². The van der Waals surface area contributed by atoms with Crippen molar-refractivity contribution < 1.29 is 9.53 Å². The molecule has 2 aliphatic heterocycles. The number of nitrogens with zero attached hydrogens (tertiary/aromatic N) is 5. The maximum Gasteiger partial charge on any atom is 0.253 e. The molecule has 0 spiro atoms. The number of ether oxygens (including phenoxy) is 1. The number of carbonyl (C=O) groups excluding carboxylic acids is 1. The number of amides is 1. The summed E-state index contributed by atoms with van der Waals surface area (Å²) in [6, 6.07) is 13.6. The van der Waals surface area contributed by atoms with E-state index in [0.717, 1.165) is 60.1 Å². The first-order chi connectivity index (χ1) is 15.7. The third-order valence-corrected chi connectivity index (χ3v) is 7.39. The van der Waals surface area contributed by atoms with Crippen LogP contribution >= 0.6 is 23.6 Å². The molecule has 1 atom stereocenters. The minimum Gasteiger partial charge on any atom is -0.376 e. The van der Waals surface area contributed by atoms with Gasteiger partial charge in [0.25, 0.3) is 5.91 Å². The van der Waals surface area contributed by atoms with Crippen LogP contribution in [-0.2, 0) is 18.0 Å². The van der Waals surface area contributed by atoms with E-state index in [0.29, 0.717) is 19.8 Å². The highest BCUT2D eigenvalue weighted by Gasteiger charge is 2.25. The monoisotopic (exact) mass is 469 g/mol. The Morgan fingerprint density at radius 3 is 2.62 bits per heavy atom. The van der Waals surface area contributed by atoms with E-state index in [1.165, 1.54) is 0 Å². The van der Waals surface area contributed by atoms with Crippen LogP contribution in [0.25, 0.3) is 10.7 Å². The minimum atomic E-state index is 0.0997. The lowest BCUT2D eigenvalue weighted by atomic mass is 10.2. The summed E-state index contributed by atoms with van der Waals surface area (Å²) in [5.41, 5.74) is 0.747. The second kappa shape index (κ2) is 9.66. The van der Waals surface area contributed by atoms with E-state index in [-0.39, 0.29) is 12.0 Å². The van der Waals surface area contributed by atoms with Crippen molar-refractivity contribution in [2.45, 2.75) is 32.2 Å². The molecule has 7 nitrogen and oxygen atoms in total. The summed E-state index contributed by atoms with van der Waals surface area (Å²) in [5.74, 6) is 1.01. The Morgan fingerprint density at radius 2 is 1.94 bits per heavy atom. The maximum atomic E-state index is 12.7. The van der Waals surface area contributed by atoms with Crippen molar-refractivity contribution in [3.8, 4) is 10.7 Å². The van der Waals surface area contributed by atoms with Gasteiger partial charge in [0.2, 0.25) is 0 Å². The molecule has 4 heterocycles. The largest absolute Gasteiger partial charge is 0.376 e. The highest BCUT2D eigenvalue weighted by molar-refractivity contribution is 7.71. The Labute approximate surface area is 196 Å². The van der Waals surface area contributed by atoms with E-state index in [1.54, 1.807) is 11.3 Å². The Kier molecular flexibility index (Phi) is 6.49. The van der Waals surface area contributed by atoms with Gasteiger partial charge in [-0.2, -0.15) is 0 Å². The van der Waals surface area contributed by atoms with Gasteiger partial charge in [-0.3, -0.25) is 14.3 Å². The fourth-order valence-electron chi connectivity index (χ4n) is 4.32. The Bertz CT molecular complexity index is 1100. The Balaban J connectivity index is 1.28. The smallest absolute Gasteiger partial charge is 0.253 e. The molecule has 2 aliphatic rings. The number of piperazine rings is 1. The zero-order chi connectivity index (χ0) is 21.9. The number of aromatic nitrogens is 3. The first kappa shape index (κ1) is 21.5. The minimum absolute atomic E-state index is 0.0997. The Hall–Kier alpha value is -2.33. The first-order valence-corrected chi connectivity index (χ1v) is 12.4. The van der Waals surface area contributed by atoms with E-state index < -0.39 is 0 Å². The number of thiophene rings is 1. The van der Waals surface area contributed by atoms with Crippen LogP contribution in [0.1, 0.15) is 23.2 Å². The van der Waals surface area contributed by atoms with Crippen molar-refractivity contribution in [3.05, 3.63) is 58.2 Å². The van der Waals surface area contributed by atoms with Gasteiger partial charge in [0.1, 0.15) is 0 Å². The third kappa shape index (κ3) is 4.56. The zero-order valence-corrected chi connectivity index (χ0v) is 19.6. The summed E-state index contributed by atoms with van der Waals surface area (Å²) in [5, 5.41) is 6.96. The standard InChI is InChI=1S/C23H27N5O2S2/c29-22(18-6-2-1-3-7-18)26-12-10-25(11-13-26)17-28-23(31)27(16-19-8-4-14-30-19)21(24-28)20-9-5-15-32-20/h1-3,5-7,9,15,19H,4,8,10-14,16-17H2/t19-/m1/s1. The van der Waals surface area contributed by atoms with Gasteiger partial charge in [-0.25, -0.2) is 4.68 Å². The van der Waals surface area contributed by atoms with E-state index in [1.807, 2.05) is 46.0 Å². The first-order valence-electron chi connectivity index (χ1n) is 11.1. The molecule has 1 amide bonds. The molecule has 0 bridgehead atoms. The number of benzene rings is 1. The molecule has 0 aliphatic carbocycles. The lowest BCUT2D eigenvalue weighted by Crippen LogP contribution is -2.49. The predicted octanol–water partition coefficient (Wildman–Crippen LogP) is 3.74. The number of hydrogen-bond acceptors (Lipinski definition) is 6. The summed E-state index contributed by atoms with van der Waals surface area (Å²) in [6.45, 7) is 5.20. The molecule has 9 heteroatoms. The van der Waals surface area contributed by atoms with Crippen molar-refractivity contribution in [3.63, 3.8) is 0 Å². The topological polar surface area (TPSA) is 55.5 Å². The fourth-order valence-corrected chi connectivity index (χ4v) is 5.30. The highest BCUT2D eigenvalue weighted by Crippen LogP contribution is 2.26. The summed E-state index contributed by atoms with van der Waals surface area (Å²) >= 11 is 7.52. The van der Waals surface area contributed by atoms with Gasteiger partial charge < -0.3 is 9.64 Å². The van der Waals surface area contributed by atoms with E-state index >= 15 is 0 Å². The molecule has 32 heavy (non-hydrogen) atoms. The quantitative estimate of drug-likeness (QED) is 0.515. The lowest BCUT2D eigenvalue weighted by Gasteiger charge is -2.34. The van der Waals surface area contributed by atoms with Crippen molar-refractivity contribution in [1.82, 2.24) is 24.1 Å². The molecular formula is C23H27N5O2S2. The van der Waals surface area contributed by atoms with Crippen molar-refractivity contribution >= 4 is 29.5 Å². The van der Waals surface area contributed by atoms with Crippen LogP contribution in [-0.4, -0.2) is 68.9 Å². The summed E-state index contributed by atoms with van der Waals surface area (Å²) in [6.07, 6.45) is 2.37. The average molecular weight is 470 g/mol. The maximum absolute atomic E-state index is 12.7. The molecular weight excluding hydrogens is 442 g/mol. The van der Waals surface area contributed by atoms with Crippen molar-refractivity contribution in [2.75, 3.05) is 32.8 Å². The van der Waals surface area contributed by atoms with Crippen LogP contribution < -0.4 is 0 Å². The normalized spacial score (nSPS) is 19.5. The average Bonchev–Trinajstić information content (AvgIpc) is 3.59. The summed E-state index contributed by atoms with van der Waals surface area (Å²) in [7, 11) is 0. The van der Waals surface area contributed by atoms with Gasteiger partial charge in [0.15, 0.2) is 10.6 Å². The molecule has 168 valence electrons. The van der Waals surface area contributed by atoms with Gasteiger partial charge in [-0.1, -0.05) is 24.3 Å². The van der Waals surface area contributed by atoms with Crippen LogP contribution in [0, 0.1) is 4.77 Å². The van der Waals surface area contributed by atoms with Gasteiger partial charge in [0, 0.05) is 38.3 Å². The molecule has 0 N–H and O–H groups in total. The zero-order valence-electron chi connectivity index (χ0n) is 17.9. The molecule has 3 aromatic rings. The number of hydrogen-bond donors (Lipinski definition) is 0. The summed E-state index contributed by atoms with van der Waals surface area (Å²) < 4.78 is 10.6. The van der Waals surface area contributed by atoms with Crippen LogP contribution in [0.15, 0.2) is 47.8 Å². The molecule has 0 unspecified atom stereocenters. The molecule has 2 aromatic heterocycles. The van der Waals surface area contributed by atoms with Gasteiger partial charge in [0.05, 0.1) is 24.2 Å². The van der Waals surface area contributed by atoms with E-state index in [9.17, 15) is 4.79 Å². The van der Waals surface area contributed by atoms with E-state index in [2.05, 4.69) is 20.9 Å². The Morgan fingerprint density at radius 1 is 1.12 bits per heavy atom. The van der Waals surface area contributed by atoms with Gasteiger partial charge >= 0.3 is 0 Å². The van der Waals surface area contributed by atoms with Crippen molar-refractivity contribution in [1.29, 1.82) is 0 Å². The highest BCUT2D eigenvalue weighted by atomic mass is 32.1. The van der Waals surface area contributed by atoms with Gasteiger partial charge in [-0.15, -0.1) is 16.4 Å². The summed E-state index contributed by atoms with van der Waals surface area (Å²) in [4.78, 5) is 18.1. The number of carbonyl (C=O) groups is 1. The van der Waals surface area contributed by atoms with Crippen LogP contribution in [0.4, 0.5) is 0 Å². The molecule has 0 saturated carbocycles. The molecule has 0 radical (unpaired) electrons. The molecule has 2 saturated heterocycles. The molecule has 5 rings (SSSR count). The third-order valence-electron chi connectivity index (χ3n) is 6.09. The fraction of sp³-hybridized carbons (Fsp3) is 0.435. The molecule has 1 aromatic carbocycles.